The largest absolute Gasteiger partial charge is 0.358 e. The van der Waals surface area contributed by atoms with Gasteiger partial charge in [-0.1, -0.05) is 59.6 Å². The highest BCUT2D eigenvalue weighted by Crippen LogP contribution is 2.18. The first kappa shape index (κ1) is 18.0. The monoisotopic (exact) mass is 390 g/mol. The zero-order valence-electron chi connectivity index (χ0n) is 13.7. The highest BCUT2D eigenvalue weighted by atomic mass is 79.9. The van der Waals surface area contributed by atoms with Crippen LogP contribution >= 0.6 is 28.1 Å². The summed E-state index contributed by atoms with van der Waals surface area (Å²) in [6.07, 6.45) is 3.60. The van der Waals surface area contributed by atoms with Gasteiger partial charge in [0.25, 0.3) is 0 Å². The molecule has 122 valence electrons. The van der Waals surface area contributed by atoms with Gasteiger partial charge in [0.05, 0.1) is 0 Å². The molecule has 2 aromatic carbocycles. The number of benzene rings is 2. The van der Waals surface area contributed by atoms with Crippen molar-refractivity contribution in [2.45, 2.75) is 39.7 Å². The topological polar surface area (TPSA) is 24.1 Å². The molecular weight excluding hydrogens is 368 g/mol. The Balaban J connectivity index is 1.91. The lowest BCUT2D eigenvalue weighted by atomic mass is 10.0. The van der Waals surface area contributed by atoms with Gasteiger partial charge in [0.15, 0.2) is 5.11 Å². The number of anilines is 1. The molecule has 4 heteroatoms. The number of nitrogens with one attached hydrogen (secondary N) is 2. The normalized spacial score (nSPS) is 10.4. The fraction of sp³-hybridized carbons (Fsp3) is 0.316. The Bertz CT molecular complexity index is 670. The van der Waals surface area contributed by atoms with Gasteiger partial charge in [-0.2, -0.15) is 0 Å². The van der Waals surface area contributed by atoms with Crippen molar-refractivity contribution >= 4 is 38.9 Å². The number of thiocarbonyl (C=S) groups is 1. The van der Waals surface area contributed by atoms with Crippen LogP contribution in [0.25, 0.3) is 0 Å². The van der Waals surface area contributed by atoms with Gasteiger partial charge >= 0.3 is 0 Å². The first-order valence-corrected chi connectivity index (χ1v) is 9.18. The Labute approximate surface area is 152 Å². The van der Waals surface area contributed by atoms with Crippen LogP contribution < -0.4 is 10.6 Å². The molecule has 0 aliphatic rings. The average Bonchev–Trinajstić information content (AvgIpc) is 2.54. The Kier molecular flexibility index (Phi) is 7.06. The number of halogens is 1. The zero-order chi connectivity index (χ0) is 16.7. The van der Waals surface area contributed by atoms with Crippen molar-refractivity contribution in [1.29, 1.82) is 0 Å². The summed E-state index contributed by atoms with van der Waals surface area (Å²) in [6.45, 7) is 5.03. The van der Waals surface area contributed by atoms with Gasteiger partial charge < -0.3 is 10.6 Å². The number of rotatable bonds is 6. The van der Waals surface area contributed by atoms with E-state index in [0.717, 1.165) is 16.6 Å². The molecule has 0 aliphatic heterocycles. The van der Waals surface area contributed by atoms with E-state index in [1.807, 2.05) is 18.2 Å². The van der Waals surface area contributed by atoms with Gasteiger partial charge in [0, 0.05) is 16.7 Å². The third kappa shape index (κ3) is 5.63. The standard InChI is InChI=1S/C19H23BrN2S/c1-3-4-7-15-10-11-18(14(2)12-15)22-19(23)21-13-16-8-5-6-9-17(16)20/h5-6,8-12H,3-4,7,13H2,1-2H3,(H2,21,22,23). The second-order valence-corrected chi connectivity index (χ2v) is 6.91. The lowest BCUT2D eigenvalue weighted by molar-refractivity contribution is 0.794. The van der Waals surface area contributed by atoms with Crippen LogP contribution in [-0.2, 0) is 13.0 Å². The van der Waals surface area contributed by atoms with E-state index in [9.17, 15) is 0 Å². The molecule has 0 saturated heterocycles. The molecule has 0 atom stereocenters. The maximum absolute atomic E-state index is 5.40. The van der Waals surface area contributed by atoms with E-state index in [-0.39, 0.29) is 0 Å². The maximum Gasteiger partial charge on any atom is 0.171 e. The Morgan fingerprint density at radius 2 is 1.96 bits per heavy atom. The summed E-state index contributed by atoms with van der Waals surface area (Å²) in [5.74, 6) is 0. The summed E-state index contributed by atoms with van der Waals surface area (Å²) in [5, 5.41) is 7.19. The molecule has 2 N–H and O–H groups in total. The van der Waals surface area contributed by atoms with Crippen molar-refractivity contribution in [3.8, 4) is 0 Å². The van der Waals surface area contributed by atoms with E-state index < -0.39 is 0 Å². The van der Waals surface area contributed by atoms with Crippen LogP contribution in [0.3, 0.4) is 0 Å². The summed E-state index contributed by atoms with van der Waals surface area (Å²) in [4.78, 5) is 0. The van der Waals surface area contributed by atoms with Crippen molar-refractivity contribution in [2.75, 3.05) is 5.32 Å². The van der Waals surface area contributed by atoms with Gasteiger partial charge in [0.1, 0.15) is 0 Å². The lowest BCUT2D eigenvalue weighted by Crippen LogP contribution is -2.28. The van der Waals surface area contributed by atoms with Crippen LogP contribution in [0, 0.1) is 6.92 Å². The summed E-state index contributed by atoms with van der Waals surface area (Å²) in [7, 11) is 0. The highest BCUT2D eigenvalue weighted by Gasteiger charge is 2.04. The molecule has 0 aliphatic carbocycles. The van der Waals surface area contributed by atoms with E-state index in [1.165, 1.54) is 29.5 Å². The molecule has 0 heterocycles. The third-order valence-corrected chi connectivity index (χ3v) is 4.78. The first-order valence-electron chi connectivity index (χ1n) is 7.98. The molecule has 0 aromatic heterocycles. The minimum absolute atomic E-state index is 0.644. The molecule has 2 nitrogen and oxygen atoms in total. The minimum atomic E-state index is 0.644. The van der Waals surface area contributed by atoms with E-state index in [1.54, 1.807) is 0 Å². The SMILES string of the molecule is CCCCc1ccc(NC(=S)NCc2ccccc2Br)c(C)c1. The Morgan fingerprint density at radius 3 is 2.65 bits per heavy atom. The quantitative estimate of drug-likeness (QED) is 0.628. The number of hydrogen-bond acceptors (Lipinski definition) is 1. The molecule has 0 saturated carbocycles. The molecule has 0 bridgehead atoms. The Hall–Kier alpha value is -1.39. The maximum atomic E-state index is 5.40. The minimum Gasteiger partial charge on any atom is -0.358 e. The first-order chi connectivity index (χ1) is 11.1. The molecule has 2 rings (SSSR count). The van der Waals surface area contributed by atoms with E-state index in [4.69, 9.17) is 12.2 Å². The van der Waals surface area contributed by atoms with Crippen LogP contribution in [0.15, 0.2) is 46.9 Å². The summed E-state index contributed by atoms with van der Waals surface area (Å²) < 4.78 is 1.09. The van der Waals surface area contributed by atoms with Crippen molar-refractivity contribution in [2.24, 2.45) is 0 Å². The predicted molar refractivity (Wildman–Crippen MR) is 107 cm³/mol. The molecule has 0 unspecified atom stereocenters. The van der Waals surface area contributed by atoms with Gasteiger partial charge in [-0.05, 0) is 60.8 Å². The molecule has 0 spiro atoms. The second-order valence-electron chi connectivity index (χ2n) is 5.65. The fourth-order valence-electron chi connectivity index (χ4n) is 2.39. The smallest absolute Gasteiger partial charge is 0.171 e. The van der Waals surface area contributed by atoms with E-state index >= 15 is 0 Å². The van der Waals surface area contributed by atoms with Crippen molar-refractivity contribution < 1.29 is 0 Å². The Morgan fingerprint density at radius 1 is 1.17 bits per heavy atom. The summed E-state index contributed by atoms with van der Waals surface area (Å²) in [5.41, 5.74) is 4.86. The summed E-state index contributed by atoms with van der Waals surface area (Å²) >= 11 is 8.95. The van der Waals surface area contributed by atoms with Crippen molar-refractivity contribution in [1.82, 2.24) is 5.32 Å². The number of hydrogen-bond donors (Lipinski definition) is 2. The van der Waals surface area contributed by atoms with Crippen molar-refractivity contribution in [3.05, 3.63) is 63.6 Å². The van der Waals surface area contributed by atoms with Gasteiger partial charge in [-0.25, -0.2) is 0 Å². The third-order valence-electron chi connectivity index (χ3n) is 3.76. The summed E-state index contributed by atoms with van der Waals surface area (Å²) in [6, 6.07) is 14.7. The predicted octanol–water partition coefficient (Wildman–Crippen LogP) is 5.59. The van der Waals surface area contributed by atoms with Gasteiger partial charge in [-0.15, -0.1) is 0 Å². The van der Waals surface area contributed by atoms with Crippen LogP contribution in [0.4, 0.5) is 5.69 Å². The molecule has 0 amide bonds. The molecule has 2 aromatic rings. The lowest BCUT2D eigenvalue weighted by Gasteiger charge is -2.14. The molecule has 0 fully saturated rings. The fourth-order valence-corrected chi connectivity index (χ4v) is 2.99. The van der Waals surface area contributed by atoms with Crippen molar-refractivity contribution in [3.63, 3.8) is 0 Å². The van der Waals surface area contributed by atoms with Gasteiger partial charge in [0.2, 0.25) is 0 Å². The number of unbranched alkanes of at least 4 members (excludes halogenated alkanes) is 1. The molecular formula is C19H23BrN2S. The second kappa shape index (κ2) is 9.04. The van der Waals surface area contributed by atoms with Crippen LogP contribution in [0.2, 0.25) is 0 Å². The number of aryl methyl sites for hydroxylation is 2. The van der Waals surface area contributed by atoms with Crippen LogP contribution in [-0.4, -0.2) is 5.11 Å². The zero-order valence-corrected chi connectivity index (χ0v) is 16.1. The van der Waals surface area contributed by atoms with Crippen LogP contribution in [0.5, 0.6) is 0 Å². The van der Waals surface area contributed by atoms with E-state index in [0.29, 0.717) is 11.7 Å². The van der Waals surface area contributed by atoms with Gasteiger partial charge in [-0.3, -0.25) is 0 Å². The molecule has 23 heavy (non-hydrogen) atoms. The van der Waals surface area contributed by atoms with E-state index in [2.05, 4.69) is 64.7 Å². The van der Waals surface area contributed by atoms with Crippen LogP contribution in [0.1, 0.15) is 36.5 Å². The average molecular weight is 391 g/mol. The highest BCUT2D eigenvalue weighted by molar-refractivity contribution is 9.10. The molecule has 0 radical (unpaired) electrons.